The number of alkyl carbamates (subject to hydrolysis) is 1. The SMILES string of the molecule is O=C(O)COc1cccc2c1CCC(CNC(=O)OC(c1ccccc1)c1ccccc1)C2. The molecule has 4 rings (SSSR count). The predicted octanol–water partition coefficient (Wildman–Crippen LogP) is 4.77. The van der Waals surface area contributed by atoms with Crippen molar-refractivity contribution in [3.8, 4) is 5.75 Å². The fourth-order valence-electron chi connectivity index (χ4n) is 4.26. The summed E-state index contributed by atoms with van der Waals surface area (Å²) in [5.41, 5.74) is 4.03. The van der Waals surface area contributed by atoms with Crippen LogP contribution in [0.15, 0.2) is 78.9 Å². The number of carboxylic acids is 1. The minimum absolute atomic E-state index is 0.270. The number of ether oxygens (including phenoxy) is 2. The fourth-order valence-corrected chi connectivity index (χ4v) is 4.26. The minimum Gasteiger partial charge on any atom is -0.482 e. The largest absolute Gasteiger partial charge is 0.482 e. The van der Waals surface area contributed by atoms with Crippen molar-refractivity contribution in [3.05, 3.63) is 101 Å². The van der Waals surface area contributed by atoms with Crippen LogP contribution in [0.4, 0.5) is 4.79 Å². The number of fused-ring (bicyclic) bond motifs is 1. The molecule has 3 aromatic rings. The number of rotatable bonds is 8. The van der Waals surface area contributed by atoms with Crippen LogP contribution in [0, 0.1) is 5.92 Å². The van der Waals surface area contributed by atoms with E-state index in [1.54, 1.807) is 0 Å². The summed E-state index contributed by atoms with van der Waals surface area (Å²) in [6.45, 7) is 0.159. The highest BCUT2D eigenvalue weighted by molar-refractivity contribution is 5.69. The first-order valence-electron chi connectivity index (χ1n) is 11.1. The topological polar surface area (TPSA) is 84.9 Å². The zero-order valence-electron chi connectivity index (χ0n) is 18.3. The maximum absolute atomic E-state index is 12.7. The molecule has 0 aromatic heterocycles. The summed E-state index contributed by atoms with van der Waals surface area (Å²) in [4.78, 5) is 23.5. The van der Waals surface area contributed by atoms with Crippen LogP contribution < -0.4 is 10.1 Å². The second kappa shape index (κ2) is 10.7. The molecule has 1 unspecified atom stereocenters. The molecule has 0 saturated carbocycles. The summed E-state index contributed by atoms with van der Waals surface area (Å²) < 4.78 is 11.3. The zero-order valence-corrected chi connectivity index (χ0v) is 18.3. The van der Waals surface area contributed by atoms with Gasteiger partial charge in [-0.25, -0.2) is 9.59 Å². The van der Waals surface area contributed by atoms with Gasteiger partial charge in [-0.3, -0.25) is 0 Å². The highest BCUT2D eigenvalue weighted by Crippen LogP contribution is 2.32. The Bertz CT molecular complexity index is 1040. The quantitative estimate of drug-likeness (QED) is 0.522. The highest BCUT2D eigenvalue weighted by Gasteiger charge is 2.24. The monoisotopic (exact) mass is 445 g/mol. The van der Waals surface area contributed by atoms with Crippen molar-refractivity contribution in [2.45, 2.75) is 25.4 Å². The molecule has 0 saturated heterocycles. The average Bonchev–Trinajstić information content (AvgIpc) is 2.85. The number of carbonyl (C=O) groups is 2. The molecule has 0 heterocycles. The van der Waals surface area contributed by atoms with Gasteiger partial charge >= 0.3 is 12.1 Å². The van der Waals surface area contributed by atoms with Gasteiger partial charge in [-0.15, -0.1) is 0 Å². The molecule has 0 radical (unpaired) electrons. The van der Waals surface area contributed by atoms with Crippen molar-refractivity contribution in [1.82, 2.24) is 5.32 Å². The Morgan fingerprint density at radius 1 is 0.939 bits per heavy atom. The summed E-state index contributed by atoms with van der Waals surface area (Å²) in [5, 5.41) is 11.8. The Hall–Kier alpha value is -3.80. The number of benzene rings is 3. The van der Waals surface area contributed by atoms with Gasteiger partial charge in [-0.2, -0.15) is 0 Å². The van der Waals surface area contributed by atoms with Gasteiger partial charge in [0.2, 0.25) is 0 Å². The molecule has 33 heavy (non-hydrogen) atoms. The van der Waals surface area contributed by atoms with Gasteiger partial charge in [0.15, 0.2) is 12.7 Å². The molecular weight excluding hydrogens is 418 g/mol. The standard InChI is InChI=1S/C27H27NO5/c29-25(30)18-32-24-13-7-12-22-16-19(14-15-23(22)24)17-28-27(31)33-26(20-8-3-1-4-9-20)21-10-5-2-6-11-21/h1-13,19,26H,14-18H2,(H,28,31)(H,29,30). The van der Waals surface area contributed by atoms with Crippen molar-refractivity contribution < 1.29 is 24.2 Å². The van der Waals surface area contributed by atoms with Crippen molar-refractivity contribution in [3.63, 3.8) is 0 Å². The number of aliphatic carboxylic acids is 1. The third kappa shape index (κ3) is 5.92. The van der Waals surface area contributed by atoms with E-state index in [1.165, 1.54) is 0 Å². The Labute approximate surface area is 193 Å². The molecule has 1 aliphatic carbocycles. The van der Waals surface area contributed by atoms with E-state index in [2.05, 4.69) is 5.32 Å². The van der Waals surface area contributed by atoms with Crippen LogP contribution in [0.1, 0.15) is 34.8 Å². The van der Waals surface area contributed by atoms with Crippen LogP contribution in [-0.2, 0) is 22.4 Å². The summed E-state index contributed by atoms with van der Waals surface area (Å²) in [6.07, 6.45) is 1.52. The van der Waals surface area contributed by atoms with E-state index >= 15 is 0 Å². The maximum Gasteiger partial charge on any atom is 0.408 e. The molecule has 0 aliphatic heterocycles. The molecule has 0 fully saturated rings. The second-order valence-corrected chi connectivity index (χ2v) is 8.17. The summed E-state index contributed by atoms with van der Waals surface area (Å²) in [5.74, 6) is -0.0886. The van der Waals surface area contributed by atoms with E-state index in [-0.39, 0.29) is 12.5 Å². The first-order chi connectivity index (χ1) is 16.1. The molecule has 2 N–H and O–H groups in total. The van der Waals surface area contributed by atoms with Crippen LogP contribution in [-0.4, -0.2) is 30.3 Å². The van der Waals surface area contributed by atoms with Crippen LogP contribution in [0.5, 0.6) is 5.75 Å². The number of hydrogen-bond acceptors (Lipinski definition) is 4. The Kier molecular flexibility index (Phi) is 7.25. The first-order valence-corrected chi connectivity index (χ1v) is 11.1. The van der Waals surface area contributed by atoms with Gasteiger partial charge in [-0.05, 0) is 53.5 Å². The predicted molar refractivity (Wildman–Crippen MR) is 124 cm³/mol. The lowest BCUT2D eigenvalue weighted by Gasteiger charge is -2.26. The molecule has 1 aliphatic rings. The van der Waals surface area contributed by atoms with E-state index in [4.69, 9.17) is 14.6 Å². The van der Waals surface area contributed by atoms with Crippen molar-refractivity contribution in [2.75, 3.05) is 13.2 Å². The molecule has 0 spiro atoms. The zero-order chi connectivity index (χ0) is 23.0. The van der Waals surface area contributed by atoms with Crippen LogP contribution >= 0.6 is 0 Å². The lowest BCUT2D eigenvalue weighted by Crippen LogP contribution is -2.33. The fraction of sp³-hybridized carbons (Fsp3) is 0.259. The second-order valence-electron chi connectivity index (χ2n) is 8.17. The van der Waals surface area contributed by atoms with E-state index < -0.39 is 18.2 Å². The van der Waals surface area contributed by atoms with Crippen LogP contribution in [0.3, 0.4) is 0 Å². The van der Waals surface area contributed by atoms with Gasteiger partial charge in [0.25, 0.3) is 0 Å². The highest BCUT2D eigenvalue weighted by atomic mass is 16.6. The van der Waals surface area contributed by atoms with E-state index in [9.17, 15) is 9.59 Å². The average molecular weight is 446 g/mol. The van der Waals surface area contributed by atoms with Gasteiger partial charge in [-0.1, -0.05) is 72.8 Å². The van der Waals surface area contributed by atoms with Gasteiger partial charge < -0.3 is 19.9 Å². The van der Waals surface area contributed by atoms with Crippen LogP contribution in [0.25, 0.3) is 0 Å². The van der Waals surface area contributed by atoms with E-state index in [0.717, 1.165) is 41.5 Å². The molecular formula is C27H27NO5. The van der Waals surface area contributed by atoms with E-state index in [0.29, 0.717) is 12.3 Å². The molecule has 0 bridgehead atoms. The number of hydrogen-bond donors (Lipinski definition) is 2. The molecule has 3 aromatic carbocycles. The molecule has 6 nitrogen and oxygen atoms in total. The maximum atomic E-state index is 12.7. The van der Waals surface area contributed by atoms with Crippen molar-refractivity contribution in [2.24, 2.45) is 5.92 Å². The number of carbonyl (C=O) groups excluding carboxylic acids is 1. The summed E-state index contributed by atoms with van der Waals surface area (Å²) in [7, 11) is 0. The third-order valence-corrected chi connectivity index (χ3v) is 5.86. The normalized spacial score (nSPS) is 14.9. The number of carboxylic acid groups (broad SMARTS) is 1. The Morgan fingerprint density at radius 3 is 2.24 bits per heavy atom. The van der Waals surface area contributed by atoms with Gasteiger partial charge in [0.1, 0.15) is 5.75 Å². The molecule has 1 atom stereocenters. The lowest BCUT2D eigenvalue weighted by molar-refractivity contribution is -0.139. The van der Waals surface area contributed by atoms with Crippen molar-refractivity contribution >= 4 is 12.1 Å². The lowest BCUT2D eigenvalue weighted by atomic mass is 9.83. The van der Waals surface area contributed by atoms with Crippen molar-refractivity contribution in [1.29, 1.82) is 0 Å². The van der Waals surface area contributed by atoms with E-state index in [1.807, 2.05) is 78.9 Å². The Balaban J connectivity index is 1.36. The number of nitrogens with one attached hydrogen (secondary N) is 1. The minimum atomic E-state index is -0.992. The Morgan fingerprint density at radius 2 is 1.61 bits per heavy atom. The smallest absolute Gasteiger partial charge is 0.408 e. The van der Waals surface area contributed by atoms with Gasteiger partial charge in [0, 0.05) is 6.54 Å². The number of amides is 1. The summed E-state index contributed by atoms with van der Waals surface area (Å²) in [6, 6.07) is 25.1. The summed E-state index contributed by atoms with van der Waals surface area (Å²) >= 11 is 0. The third-order valence-electron chi connectivity index (χ3n) is 5.86. The first kappa shape index (κ1) is 22.4. The van der Waals surface area contributed by atoms with Crippen LogP contribution in [0.2, 0.25) is 0 Å². The molecule has 6 heteroatoms. The molecule has 1 amide bonds. The van der Waals surface area contributed by atoms with Gasteiger partial charge in [0.05, 0.1) is 0 Å². The molecule has 170 valence electrons.